The monoisotopic (exact) mass is 213 g/mol. The molecule has 0 saturated heterocycles. The average Bonchev–Trinajstić information content (AvgIpc) is 1.63. The van der Waals surface area contributed by atoms with E-state index in [9.17, 15) is 0 Å². The van der Waals surface area contributed by atoms with Crippen LogP contribution >= 0.6 is 0 Å². The van der Waals surface area contributed by atoms with Crippen LogP contribution in [0, 0.1) is 0 Å². The highest BCUT2D eigenvalue weighted by molar-refractivity contribution is 4.39. The van der Waals surface area contributed by atoms with Crippen LogP contribution in [0.1, 0.15) is 6.92 Å². The molecule has 0 bridgehead atoms. The molecule has 0 aromatic carbocycles. The van der Waals surface area contributed by atoms with Crippen molar-refractivity contribution >= 4 is 0 Å². The zero-order valence-corrected chi connectivity index (χ0v) is 8.30. The Kier molecular flexibility index (Phi) is 6.58. The van der Waals surface area contributed by atoms with Crippen molar-refractivity contribution in [1.29, 1.82) is 0 Å². The summed E-state index contributed by atoms with van der Waals surface area (Å²) in [5.41, 5.74) is 0. The molecule has 0 spiro atoms. The fourth-order valence-electron chi connectivity index (χ4n) is 0.773. The molecule has 0 rings (SSSR count). The van der Waals surface area contributed by atoms with E-state index < -0.39 is 0 Å². The van der Waals surface area contributed by atoms with Crippen LogP contribution in [0.25, 0.3) is 0 Å². The first-order chi connectivity index (χ1) is 3.98. The van der Waals surface area contributed by atoms with Gasteiger partial charge in [-0.25, -0.2) is 0 Å². The first-order valence-corrected chi connectivity index (χ1v) is 3.09. The molecule has 0 aliphatic carbocycles. The van der Waals surface area contributed by atoms with Crippen LogP contribution < -0.4 is 17.0 Å². The van der Waals surface area contributed by atoms with Crippen molar-refractivity contribution in [3.63, 3.8) is 0 Å². The van der Waals surface area contributed by atoms with Gasteiger partial charge in [-0.1, -0.05) is 0 Å². The molecule has 0 saturated carbocycles. The Hall–Kier alpha value is 0.360. The van der Waals surface area contributed by atoms with Crippen molar-refractivity contribution < 1.29 is 31.7 Å². The third kappa shape index (κ3) is 6.48. The highest BCUT2D eigenvalue weighted by Gasteiger charge is 2.15. The molecule has 3 nitrogen and oxygen atoms in total. The lowest BCUT2D eigenvalue weighted by molar-refractivity contribution is -0.911. The number of hydrogen-bond donors (Lipinski definition) is 2. The van der Waals surface area contributed by atoms with Crippen LogP contribution in [-0.4, -0.2) is 48.2 Å². The number of rotatable bonds is 3. The van der Waals surface area contributed by atoms with Crippen molar-refractivity contribution in [3.8, 4) is 0 Å². The minimum absolute atomic E-state index is 0. The van der Waals surface area contributed by atoms with E-state index in [0.717, 1.165) is 0 Å². The first-order valence-electron chi connectivity index (χ1n) is 3.09. The maximum Gasteiger partial charge on any atom is 0.179 e. The molecule has 1 unspecified atom stereocenters. The highest BCUT2D eigenvalue weighted by Crippen LogP contribution is 1.96. The van der Waals surface area contributed by atoms with Gasteiger partial charge < -0.3 is 31.7 Å². The number of nitrogens with zero attached hydrogens (tertiary/aromatic N) is 1. The molecule has 2 N–H and O–H groups in total. The Morgan fingerprint density at radius 3 is 1.90 bits per heavy atom. The van der Waals surface area contributed by atoms with E-state index >= 15 is 0 Å². The summed E-state index contributed by atoms with van der Waals surface area (Å²) >= 11 is 0. The SMILES string of the molecule is CC(O)C[N+](C)(C)CO.[Br-]. The number of quaternary nitrogens is 1. The molecular formula is C6H16BrNO2. The van der Waals surface area contributed by atoms with Gasteiger partial charge in [-0.2, -0.15) is 0 Å². The van der Waals surface area contributed by atoms with Crippen LogP contribution in [0.15, 0.2) is 0 Å². The lowest BCUT2D eigenvalue weighted by Crippen LogP contribution is -3.00. The summed E-state index contributed by atoms with van der Waals surface area (Å²) in [5.74, 6) is 0. The van der Waals surface area contributed by atoms with Crippen LogP contribution in [0.4, 0.5) is 0 Å². The molecule has 0 radical (unpaired) electrons. The predicted molar refractivity (Wildman–Crippen MR) is 35.7 cm³/mol. The lowest BCUT2D eigenvalue weighted by Gasteiger charge is -2.27. The minimum atomic E-state index is -0.341. The van der Waals surface area contributed by atoms with Crippen molar-refractivity contribution in [2.45, 2.75) is 13.0 Å². The summed E-state index contributed by atoms with van der Waals surface area (Å²) in [6, 6.07) is 0. The second-order valence-electron chi connectivity index (χ2n) is 3.11. The van der Waals surface area contributed by atoms with Gasteiger partial charge in [0, 0.05) is 0 Å². The van der Waals surface area contributed by atoms with Gasteiger partial charge in [0.2, 0.25) is 0 Å². The molecule has 10 heavy (non-hydrogen) atoms. The molecule has 0 aromatic heterocycles. The zero-order valence-electron chi connectivity index (χ0n) is 6.71. The summed E-state index contributed by atoms with van der Waals surface area (Å²) < 4.78 is 0.456. The number of hydrogen-bond acceptors (Lipinski definition) is 2. The fourth-order valence-corrected chi connectivity index (χ4v) is 0.773. The molecule has 0 aliphatic heterocycles. The van der Waals surface area contributed by atoms with Gasteiger partial charge in [0.25, 0.3) is 0 Å². The summed E-state index contributed by atoms with van der Waals surface area (Å²) in [7, 11) is 3.74. The van der Waals surface area contributed by atoms with E-state index in [1.165, 1.54) is 0 Å². The van der Waals surface area contributed by atoms with Gasteiger partial charge in [-0.15, -0.1) is 0 Å². The van der Waals surface area contributed by atoms with Gasteiger partial charge in [0.1, 0.15) is 12.6 Å². The molecule has 0 aromatic rings. The molecule has 0 fully saturated rings. The van der Waals surface area contributed by atoms with E-state index in [1.807, 2.05) is 14.1 Å². The Bertz CT molecular complexity index is 85.8. The summed E-state index contributed by atoms with van der Waals surface area (Å²) in [6.07, 6.45) is -0.341. The van der Waals surface area contributed by atoms with Gasteiger partial charge in [-0.3, -0.25) is 0 Å². The summed E-state index contributed by atoms with van der Waals surface area (Å²) in [4.78, 5) is 0. The standard InChI is InChI=1S/C6H16NO2.BrH/c1-6(9)4-7(2,3)5-8;/h6,8-9H,4-5H2,1-3H3;1H/q+1;/p-1. The number of aliphatic hydroxyl groups excluding tert-OH is 2. The normalized spacial score (nSPS) is 14.1. The molecule has 0 heterocycles. The molecular weight excluding hydrogens is 198 g/mol. The topological polar surface area (TPSA) is 40.5 Å². The van der Waals surface area contributed by atoms with E-state index in [1.54, 1.807) is 6.92 Å². The lowest BCUT2D eigenvalue weighted by atomic mass is 10.3. The minimum Gasteiger partial charge on any atom is -1.00 e. The third-order valence-electron chi connectivity index (χ3n) is 1.14. The quantitative estimate of drug-likeness (QED) is 0.376. The Morgan fingerprint density at radius 2 is 1.80 bits per heavy atom. The van der Waals surface area contributed by atoms with Crippen LogP contribution in [0.2, 0.25) is 0 Å². The first kappa shape index (κ1) is 13.0. The third-order valence-corrected chi connectivity index (χ3v) is 1.14. The van der Waals surface area contributed by atoms with Crippen molar-refractivity contribution in [2.24, 2.45) is 0 Å². The van der Waals surface area contributed by atoms with Crippen LogP contribution in [0.5, 0.6) is 0 Å². The van der Waals surface area contributed by atoms with E-state index in [2.05, 4.69) is 0 Å². The Balaban J connectivity index is 0. The van der Waals surface area contributed by atoms with Crippen LogP contribution in [0.3, 0.4) is 0 Å². The molecule has 64 valence electrons. The smallest absolute Gasteiger partial charge is 0.179 e. The maximum atomic E-state index is 8.89. The van der Waals surface area contributed by atoms with E-state index in [0.29, 0.717) is 11.0 Å². The number of aliphatic hydroxyl groups is 2. The predicted octanol–water partition coefficient (Wildman–Crippen LogP) is -3.60. The number of likely N-dealkylation sites (N-methyl/N-ethyl adjacent to an activating group) is 1. The zero-order chi connectivity index (χ0) is 7.49. The van der Waals surface area contributed by atoms with Gasteiger partial charge in [0.15, 0.2) is 6.73 Å². The maximum absolute atomic E-state index is 8.89. The second-order valence-corrected chi connectivity index (χ2v) is 3.11. The van der Waals surface area contributed by atoms with Crippen molar-refractivity contribution in [1.82, 2.24) is 0 Å². The van der Waals surface area contributed by atoms with Gasteiger partial charge in [0.05, 0.1) is 14.1 Å². The summed E-state index contributed by atoms with van der Waals surface area (Å²) in [5, 5.41) is 17.6. The second kappa shape index (κ2) is 5.07. The van der Waals surface area contributed by atoms with Gasteiger partial charge >= 0.3 is 0 Å². The van der Waals surface area contributed by atoms with Crippen LogP contribution in [-0.2, 0) is 0 Å². The largest absolute Gasteiger partial charge is 1.00 e. The molecule has 0 aliphatic rings. The van der Waals surface area contributed by atoms with Crippen molar-refractivity contribution in [2.75, 3.05) is 27.4 Å². The molecule has 1 atom stereocenters. The Labute approximate surface area is 72.6 Å². The molecule has 0 amide bonds. The number of halogens is 1. The average molecular weight is 214 g/mol. The molecule has 4 heteroatoms. The highest BCUT2D eigenvalue weighted by atomic mass is 79.9. The van der Waals surface area contributed by atoms with E-state index in [-0.39, 0.29) is 29.8 Å². The fraction of sp³-hybridized carbons (Fsp3) is 1.00. The van der Waals surface area contributed by atoms with Crippen molar-refractivity contribution in [3.05, 3.63) is 0 Å². The van der Waals surface area contributed by atoms with E-state index in [4.69, 9.17) is 10.2 Å². The van der Waals surface area contributed by atoms with Gasteiger partial charge in [-0.05, 0) is 6.92 Å². The Morgan fingerprint density at radius 1 is 1.40 bits per heavy atom. The summed E-state index contributed by atoms with van der Waals surface area (Å²) in [6.45, 7) is 2.39.